The number of aliphatic hydroxyl groups is 6. The van der Waals surface area contributed by atoms with E-state index in [-0.39, 0.29) is 41.3 Å². The van der Waals surface area contributed by atoms with Gasteiger partial charge in [-0.1, -0.05) is 25.9 Å². The van der Waals surface area contributed by atoms with Crippen molar-refractivity contribution >= 4 is 6.21 Å². The zero-order valence-corrected chi connectivity index (χ0v) is 31.5. The van der Waals surface area contributed by atoms with Crippen LogP contribution in [0.1, 0.15) is 97.0 Å². The summed E-state index contributed by atoms with van der Waals surface area (Å²) in [7, 11) is 1.51. The van der Waals surface area contributed by atoms with E-state index in [9.17, 15) is 35.4 Å². The van der Waals surface area contributed by atoms with Crippen LogP contribution < -0.4 is 5.63 Å². The highest BCUT2D eigenvalue weighted by Crippen LogP contribution is 2.71. The van der Waals surface area contributed by atoms with Crippen LogP contribution in [0.5, 0.6) is 0 Å². The van der Waals surface area contributed by atoms with Crippen LogP contribution >= 0.6 is 0 Å². The third-order valence-electron chi connectivity index (χ3n) is 15.1. The predicted octanol–water partition coefficient (Wildman–Crippen LogP) is 2.20. The minimum absolute atomic E-state index is 0.0307. The Morgan fingerprint density at radius 3 is 2.34 bits per heavy atom. The van der Waals surface area contributed by atoms with E-state index in [1.807, 2.05) is 33.1 Å². The Labute approximate surface area is 310 Å². The number of ether oxygens (including phenoxy) is 4. The van der Waals surface area contributed by atoms with Gasteiger partial charge in [-0.3, -0.25) is 0 Å². The Morgan fingerprint density at radius 1 is 0.887 bits per heavy atom. The lowest BCUT2D eigenvalue weighted by Gasteiger charge is -2.65. The minimum atomic E-state index is -1.54. The average Bonchev–Trinajstić information content (AvgIpc) is 3.42. The topological polar surface area (TPSA) is 210 Å². The molecular weight excluding hydrogens is 690 g/mol. The van der Waals surface area contributed by atoms with E-state index in [4.69, 9.17) is 28.2 Å². The molecule has 0 amide bonds. The molecule has 0 spiro atoms. The number of hydrogen-bond donors (Lipinski definition) is 6. The first-order chi connectivity index (χ1) is 25.1. The van der Waals surface area contributed by atoms with E-state index in [2.05, 4.69) is 12.1 Å². The molecule has 0 bridgehead atoms. The zero-order chi connectivity index (χ0) is 38.1. The smallest absolute Gasteiger partial charge is 0.335 e. The van der Waals surface area contributed by atoms with Crippen molar-refractivity contribution in [1.82, 2.24) is 0 Å². The van der Waals surface area contributed by atoms with Gasteiger partial charge < -0.3 is 58.8 Å². The third kappa shape index (κ3) is 6.23. The highest BCUT2D eigenvalue weighted by Gasteiger charge is 2.71. The number of oxime groups is 1. The quantitative estimate of drug-likeness (QED) is 0.128. The molecule has 4 aliphatic carbocycles. The van der Waals surface area contributed by atoms with Crippen molar-refractivity contribution in [2.75, 3.05) is 13.7 Å². The van der Waals surface area contributed by atoms with Crippen LogP contribution in [-0.2, 0) is 23.8 Å². The molecule has 0 radical (unpaired) electrons. The molecule has 0 aromatic carbocycles. The summed E-state index contributed by atoms with van der Waals surface area (Å²) in [6, 6.07) is 3.29. The van der Waals surface area contributed by atoms with E-state index in [1.165, 1.54) is 13.2 Å². The second-order valence-corrected chi connectivity index (χ2v) is 17.3. The molecule has 298 valence electrons. The lowest BCUT2D eigenvalue weighted by Crippen LogP contribution is -2.69. The van der Waals surface area contributed by atoms with Gasteiger partial charge in [0, 0.05) is 29.2 Å². The first kappa shape index (κ1) is 39.3. The minimum Gasteiger partial charge on any atom is -0.431 e. The molecule has 1 aromatic rings. The van der Waals surface area contributed by atoms with Gasteiger partial charge in [0.05, 0.1) is 48.6 Å². The number of aliphatic hydroxyl groups excluding tert-OH is 4. The Hall–Kier alpha value is -1.98. The van der Waals surface area contributed by atoms with Crippen molar-refractivity contribution in [1.29, 1.82) is 0 Å². The lowest BCUT2D eigenvalue weighted by atomic mass is 9.41. The second kappa shape index (κ2) is 14.5. The van der Waals surface area contributed by atoms with Crippen LogP contribution in [0, 0.1) is 34.5 Å². The largest absolute Gasteiger partial charge is 0.431 e. The summed E-state index contributed by atoms with van der Waals surface area (Å²) in [6.45, 7) is 7.48. The standard InChI is InChI=1S/C39H59NO13/c1-20-21(2)34(50-22(3)33(20)53-35-32(45)31(44)30(43)28(17-41)52-35)51-24-8-13-37(19-40-48-5)26-9-12-36(4)25(23-6-7-29(42)49-18-23)11-15-39(36,47)27(26)10-14-38(37,46)16-24/h6-7,18-22,24-28,30-35,41,43-47H,8-17H2,1-5H3. The summed E-state index contributed by atoms with van der Waals surface area (Å²) < 4.78 is 30.1. The molecule has 6 fully saturated rings. The van der Waals surface area contributed by atoms with E-state index in [0.29, 0.717) is 38.5 Å². The zero-order valence-electron chi connectivity index (χ0n) is 31.5. The van der Waals surface area contributed by atoms with Gasteiger partial charge in [0.15, 0.2) is 12.6 Å². The molecule has 18 atom stereocenters. The van der Waals surface area contributed by atoms with Crippen LogP contribution in [0.15, 0.2) is 32.8 Å². The highest BCUT2D eigenvalue weighted by atomic mass is 16.7. The van der Waals surface area contributed by atoms with Crippen molar-refractivity contribution in [3.63, 3.8) is 0 Å². The molecular formula is C39H59NO13. The van der Waals surface area contributed by atoms with Crippen LogP contribution in [0.25, 0.3) is 0 Å². The fourth-order valence-corrected chi connectivity index (χ4v) is 11.8. The van der Waals surface area contributed by atoms with Crippen molar-refractivity contribution < 1.29 is 58.8 Å². The Balaban J connectivity index is 1.05. The van der Waals surface area contributed by atoms with Crippen LogP contribution in [-0.4, -0.2) is 117 Å². The summed E-state index contributed by atoms with van der Waals surface area (Å²) >= 11 is 0. The number of fused-ring (bicyclic) bond motifs is 5. The van der Waals surface area contributed by atoms with Gasteiger partial charge in [-0.05, 0) is 93.6 Å². The van der Waals surface area contributed by atoms with Crippen molar-refractivity contribution in [3.05, 3.63) is 34.4 Å². The average molecular weight is 750 g/mol. The maximum Gasteiger partial charge on any atom is 0.335 e. The van der Waals surface area contributed by atoms with Crippen molar-refractivity contribution in [2.24, 2.45) is 39.7 Å². The van der Waals surface area contributed by atoms with Crippen LogP contribution in [0.2, 0.25) is 0 Å². The Morgan fingerprint density at radius 2 is 1.64 bits per heavy atom. The predicted molar refractivity (Wildman–Crippen MR) is 188 cm³/mol. The van der Waals surface area contributed by atoms with E-state index in [0.717, 1.165) is 24.8 Å². The first-order valence-electron chi connectivity index (χ1n) is 19.5. The summed E-state index contributed by atoms with van der Waals surface area (Å²) in [4.78, 5) is 17.0. The molecule has 18 unspecified atom stereocenters. The normalized spacial score (nSPS) is 51.4. The van der Waals surface area contributed by atoms with Gasteiger partial charge in [-0.25, -0.2) is 4.79 Å². The Bertz CT molecular complexity index is 1520. The van der Waals surface area contributed by atoms with Crippen molar-refractivity contribution in [3.8, 4) is 0 Å². The summed E-state index contributed by atoms with van der Waals surface area (Å²) in [5, 5.41) is 70.5. The number of rotatable bonds is 8. The third-order valence-corrected chi connectivity index (χ3v) is 15.1. The summed E-state index contributed by atoms with van der Waals surface area (Å²) in [6.07, 6.45) is 0.219. The molecule has 14 nitrogen and oxygen atoms in total. The first-order valence-corrected chi connectivity index (χ1v) is 19.5. The number of nitrogens with zero attached hydrogens (tertiary/aromatic N) is 1. The van der Waals surface area contributed by atoms with Gasteiger partial charge in [0.2, 0.25) is 0 Å². The van der Waals surface area contributed by atoms with Gasteiger partial charge in [0.1, 0.15) is 31.5 Å². The lowest BCUT2D eigenvalue weighted by molar-refractivity contribution is -0.348. The molecule has 4 saturated carbocycles. The van der Waals surface area contributed by atoms with E-state index >= 15 is 0 Å². The van der Waals surface area contributed by atoms with Gasteiger partial charge in [-0.2, -0.15) is 0 Å². The highest BCUT2D eigenvalue weighted by molar-refractivity contribution is 5.69. The molecule has 2 aliphatic heterocycles. The monoisotopic (exact) mass is 749 g/mol. The number of hydrogen-bond acceptors (Lipinski definition) is 14. The summed E-state index contributed by atoms with van der Waals surface area (Å²) in [5.74, 6) is -0.336. The van der Waals surface area contributed by atoms with Gasteiger partial charge in [-0.15, -0.1) is 0 Å². The molecule has 1 aromatic heterocycles. The van der Waals surface area contributed by atoms with Crippen LogP contribution in [0.3, 0.4) is 0 Å². The van der Waals surface area contributed by atoms with Gasteiger partial charge in [0.25, 0.3) is 0 Å². The molecule has 2 saturated heterocycles. The van der Waals surface area contributed by atoms with Crippen molar-refractivity contribution in [2.45, 2.75) is 158 Å². The molecule has 6 N–H and O–H groups in total. The van der Waals surface area contributed by atoms with Crippen LogP contribution in [0.4, 0.5) is 0 Å². The fourth-order valence-electron chi connectivity index (χ4n) is 11.8. The summed E-state index contributed by atoms with van der Waals surface area (Å²) in [5.41, 5.74) is -2.73. The Kier molecular flexibility index (Phi) is 10.7. The maximum absolute atomic E-state index is 12.7. The molecule has 3 heterocycles. The molecule has 6 aliphatic rings. The SMILES string of the molecule is CON=CC12CCC(OC3OC(C)C(OC4OC(CO)C(O)C(O)C4O)C(C)C3C)CC1(O)CCC1C2CCC2(C)C(c3ccc(=O)oc3)CCC12O. The van der Waals surface area contributed by atoms with E-state index < -0.39 is 77.8 Å². The molecule has 14 heteroatoms. The van der Waals surface area contributed by atoms with Gasteiger partial charge >= 0.3 is 5.63 Å². The molecule has 53 heavy (non-hydrogen) atoms. The molecule has 7 rings (SSSR count). The second-order valence-electron chi connectivity index (χ2n) is 17.3. The fraction of sp³-hybridized carbons (Fsp3) is 0.846. The maximum atomic E-state index is 12.7. The van der Waals surface area contributed by atoms with E-state index in [1.54, 1.807) is 6.26 Å².